The summed E-state index contributed by atoms with van der Waals surface area (Å²) in [6.45, 7) is 16.5. The van der Waals surface area contributed by atoms with Crippen LogP contribution in [0.4, 0.5) is 15.4 Å². The number of carbonyl (C=O) groups excluding carboxylic acids is 6. The van der Waals surface area contributed by atoms with Crippen molar-refractivity contribution in [2.75, 3.05) is 32.0 Å². The van der Waals surface area contributed by atoms with Crippen LogP contribution in [0, 0.1) is 34.5 Å². The van der Waals surface area contributed by atoms with Crippen molar-refractivity contribution in [3.8, 4) is 40.5 Å². The summed E-state index contributed by atoms with van der Waals surface area (Å²) in [5.41, 5.74) is 6.82. The van der Waals surface area contributed by atoms with Crippen molar-refractivity contribution in [2.24, 2.45) is 11.8 Å². The third kappa shape index (κ3) is 21.5. The van der Waals surface area contributed by atoms with Crippen LogP contribution in [-0.4, -0.2) is 102 Å². The van der Waals surface area contributed by atoms with Crippen molar-refractivity contribution in [3.63, 3.8) is 0 Å². The number of nitrogens with zero attached hydrogens (tertiary/aromatic N) is 4. The van der Waals surface area contributed by atoms with Gasteiger partial charge in [-0.05, 0) is 108 Å². The standard InChI is InChI=1S/C54H68ClN9O12S/c1-31(2)23-41(62-43(65)19-21-59-51(69)75-53(5,6)7)49(67)73-29-38(74-50(68)42(24-32(3)4)63-44(66)20-22-60-52(70)76-54(8,9)10)28-71-37-17-13-33(14-18-37)45-39(25-56)46(58)64-48(40(45)26-57)77-30-36-27-72-47(61-36)34-11-15-35(55)16-12-34/h11-18,27,31-32,38,41-42H,19-24,28-30H2,1-10H3,(H2,58,64)(H,59,69)(H,60,70)(H,62,65)(H,63,66)/t38-,41-,42-/m0/s1. The molecule has 2 aromatic heterocycles. The van der Waals surface area contributed by atoms with E-state index in [-0.39, 0.29) is 96.3 Å². The summed E-state index contributed by atoms with van der Waals surface area (Å²) in [4.78, 5) is 86.9. The highest BCUT2D eigenvalue weighted by Gasteiger charge is 2.30. The van der Waals surface area contributed by atoms with Gasteiger partial charge in [-0.1, -0.05) is 63.2 Å². The molecular weight excluding hydrogens is 1030 g/mol. The highest BCUT2D eigenvalue weighted by Crippen LogP contribution is 2.37. The lowest BCUT2D eigenvalue weighted by Gasteiger charge is -2.25. The minimum atomic E-state index is -1.28. The number of benzene rings is 2. The third-order valence-electron chi connectivity index (χ3n) is 10.4. The van der Waals surface area contributed by atoms with Crippen molar-refractivity contribution in [3.05, 3.63) is 76.6 Å². The minimum Gasteiger partial charge on any atom is -0.490 e. The summed E-state index contributed by atoms with van der Waals surface area (Å²) in [6.07, 6.45) is -1.22. The first-order valence-electron chi connectivity index (χ1n) is 24.8. The number of nitriles is 2. The number of esters is 2. The monoisotopic (exact) mass is 1100 g/mol. The molecule has 0 bridgehead atoms. The average Bonchev–Trinajstić information content (AvgIpc) is 3.81. The molecule has 2 heterocycles. The number of amides is 4. The van der Waals surface area contributed by atoms with Gasteiger partial charge in [-0.25, -0.2) is 29.1 Å². The fraction of sp³-hybridized carbons (Fsp3) is 0.481. The van der Waals surface area contributed by atoms with Crippen molar-refractivity contribution >= 4 is 65.1 Å². The Labute approximate surface area is 458 Å². The SMILES string of the molecule is CC(C)C[C@H](NC(=O)CCNC(=O)OC(C)(C)C)C(=O)OC[C@H](COc1ccc(-c2c(C#N)c(N)nc(SCc3coc(-c4ccc(Cl)cc4)n3)c2C#N)cc1)OC(=O)[C@H](CC(C)C)NC(=O)CCNC(=O)OC(C)(C)C. The van der Waals surface area contributed by atoms with E-state index in [0.717, 1.165) is 5.56 Å². The van der Waals surface area contributed by atoms with Gasteiger partial charge < -0.3 is 55.1 Å². The maximum atomic E-state index is 13.9. The molecule has 2 aromatic carbocycles. The Bertz CT molecular complexity index is 2760. The third-order valence-corrected chi connectivity index (χ3v) is 11.6. The van der Waals surface area contributed by atoms with Crippen LogP contribution in [0.5, 0.6) is 5.75 Å². The number of oxazole rings is 1. The Hall–Kier alpha value is -7.56. The van der Waals surface area contributed by atoms with E-state index in [2.05, 4.69) is 43.4 Å². The second kappa shape index (κ2) is 29.1. The van der Waals surface area contributed by atoms with Crippen molar-refractivity contribution < 1.29 is 56.9 Å². The maximum Gasteiger partial charge on any atom is 0.407 e. The summed E-state index contributed by atoms with van der Waals surface area (Å²) < 4.78 is 33.8. The van der Waals surface area contributed by atoms with Gasteiger partial charge in [0, 0.05) is 47.8 Å². The number of thioether (sulfide) groups is 1. The number of ether oxygens (including phenoxy) is 5. The van der Waals surface area contributed by atoms with Crippen LogP contribution in [0.25, 0.3) is 22.6 Å². The smallest absolute Gasteiger partial charge is 0.407 e. The van der Waals surface area contributed by atoms with E-state index in [0.29, 0.717) is 22.2 Å². The topological polar surface area (TPSA) is 309 Å². The lowest BCUT2D eigenvalue weighted by atomic mass is 9.97. The summed E-state index contributed by atoms with van der Waals surface area (Å²) in [7, 11) is 0. The second-order valence-corrected chi connectivity index (χ2v) is 21.9. The number of nitrogen functional groups attached to an aromatic ring is 1. The van der Waals surface area contributed by atoms with Crippen LogP contribution in [-0.2, 0) is 43.9 Å². The number of rotatable bonds is 25. The van der Waals surface area contributed by atoms with Gasteiger partial charge in [0.2, 0.25) is 17.7 Å². The predicted molar refractivity (Wildman–Crippen MR) is 287 cm³/mol. The molecule has 4 aromatic rings. The molecule has 0 unspecified atom stereocenters. The van der Waals surface area contributed by atoms with Crippen LogP contribution in [0.3, 0.4) is 0 Å². The number of anilines is 1. The van der Waals surface area contributed by atoms with Crippen LogP contribution < -0.4 is 31.7 Å². The van der Waals surface area contributed by atoms with Gasteiger partial charge in [0.15, 0.2) is 6.10 Å². The van der Waals surface area contributed by atoms with Crippen molar-refractivity contribution in [2.45, 2.75) is 135 Å². The normalized spacial score (nSPS) is 12.5. The van der Waals surface area contributed by atoms with Crippen LogP contribution in [0.1, 0.15) is 112 Å². The van der Waals surface area contributed by atoms with Crippen LogP contribution in [0.2, 0.25) is 5.02 Å². The van der Waals surface area contributed by atoms with Crippen LogP contribution >= 0.6 is 23.4 Å². The van der Waals surface area contributed by atoms with Gasteiger partial charge in [0.1, 0.15) is 77.1 Å². The molecule has 0 aliphatic rings. The molecule has 6 N–H and O–H groups in total. The fourth-order valence-electron chi connectivity index (χ4n) is 7.07. The number of halogens is 1. The fourth-order valence-corrected chi connectivity index (χ4v) is 8.06. The van der Waals surface area contributed by atoms with Gasteiger partial charge in [-0.15, -0.1) is 0 Å². The molecule has 0 radical (unpaired) electrons. The molecule has 4 rings (SSSR count). The number of hydrogen-bond donors (Lipinski definition) is 5. The van der Waals surface area contributed by atoms with Crippen LogP contribution in [0.15, 0.2) is 64.2 Å². The zero-order chi connectivity index (χ0) is 57.0. The van der Waals surface area contributed by atoms with E-state index in [4.69, 9.17) is 45.4 Å². The Kier molecular flexibility index (Phi) is 23.4. The molecule has 0 spiro atoms. The van der Waals surface area contributed by atoms with E-state index >= 15 is 0 Å². The molecule has 0 aliphatic carbocycles. The molecule has 21 nitrogen and oxygen atoms in total. The molecule has 3 atom stereocenters. The number of hydrogen-bond acceptors (Lipinski definition) is 18. The second-order valence-electron chi connectivity index (χ2n) is 20.5. The number of alkyl carbamates (subject to hydrolysis) is 2. The average molecular weight is 1100 g/mol. The summed E-state index contributed by atoms with van der Waals surface area (Å²) in [5, 5.41) is 31.8. The summed E-state index contributed by atoms with van der Waals surface area (Å²) in [5.74, 6) is -2.21. The number of nitrogens with two attached hydrogens (primary N) is 1. The van der Waals surface area contributed by atoms with Gasteiger partial charge in [-0.2, -0.15) is 10.5 Å². The number of nitrogens with one attached hydrogen (secondary N) is 4. The Morgan fingerprint density at radius 3 is 1.75 bits per heavy atom. The highest BCUT2D eigenvalue weighted by molar-refractivity contribution is 7.98. The van der Waals surface area contributed by atoms with E-state index in [9.17, 15) is 39.3 Å². The first-order valence-corrected chi connectivity index (χ1v) is 26.2. The molecule has 0 aliphatic heterocycles. The van der Waals surface area contributed by atoms with E-state index in [1.165, 1.54) is 18.0 Å². The molecule has 0 fully saturated rings. The van der Waals surface area contributed by atoms with Gasteiger partial charge in [0.25, 0.3) is 0 Å². The molecule has 0 saturated heterocycles. The molecule has 77 heavy (non-hydrogen) atoms. The largest absolute Gasteiger partial charge is 0.490 e. The van der Waals surface area contributed by atoms with E-state index < -0.39 is 71.9 Å². The molecule has 0 saturated carbocycles. The summed E-state index contributed by atoms with van der Waals surface area (Å²) >= 11 is 7.21. The first-order chi connectivity index (χ1) is 36.2. The Morgan fingerprint density at radius 1 is 0.727 bits per heavy atom. The lowest BCUT2D eigenvalue weighted by molar-refractivity contribution is -0.164. The first kappa shape index (κ1) is 62.0. The number of carbonyl (C=O) groups is 6. The van der Waals surface area contributed by atoms with E-state index in [1.807, 2.05) is 27.7 Å². The Balaban J connectivity index is 1.54. The van der Waals surface area contributed by atoms with Gasteiger partial charge in [0.05, 0.1) is 11.3 Å². The highest BCUT2D eigenvalue weighted by atomic mass is 35.5. The molecule has 23 heteroatoms. The Morgan fingerprint density at radius 2 is 1.25 bits per heavy atom. The molecular formula is C54H68ClN9O12S. The maximum absolute atomic E-state index is 13.9. The van der Waals surface area contributed by atoms with Gasteiger partial charge in [-0.3, -0.25) is 9.59 Å². The molecule has 414 valence electrons. The lowest BCUT2D eigenvalue weighted by Crippen LogP contribution is -2.47. The minimum absolute atomic E-state index is 0.0217. The quantitative estimate of drug-likeness (QED) is 0.0236. The zero-order valence-electron chi connectivity index (χ0n) is 45.0. The van der Waals surface area contributed by atoms with Crippen molar-refractivity contribution in [1.29, 1.82) is 10.5 Å². The predicted octanol–water partition coefficient (Wildman–Crippen LogP) is 8.40. The van der Waals surface area contributed by atoms with E-state index in [1.54, 1.807) is 90.1 Å². The van der Waals surface area contributed by atoms with Crippen molar-refractivity contribution in [1.82, 2.24) is 31.2 Å². The molecule has 4 amide bonds. The zero-order valence-corrected chi connectivity index (χ0v) is 46.6. The number of pyridine rings is 1. The summed E-state index contributed by atoms with van der Waals surface area (Å²) in [6, 6.07) is 15.3. The van der Waals surface area contributed by atoms with Gasteiger partial charge >= 0.3 is 24.1 Å². The number of aromatic nitrogens is 2.